The zero-order valence-corrected chi connectivity index (χ0v) is 18.3. The van der Waals surface area contributed by atoms with E-state index in [4.69, 9.17) is 5.73 Å². The maximum absolute atomic E-state index is 12.8. The van der Waals surface area contributed by atoms with Crippen molar-refractivity contribution in [2.24, 2.45) is 11.7 Å². The van der Waals surface area contributed by atoms with E-state index in [1.807, 2.05) is 24.3 Å². The van der Waals surface area contributed by atoms with Crippen LogP contribution in [-0.2, 0) is 14.4 Å². The summed E-state index contributed by atoms with van der Waals surface area (Å²) in [6, 6.07) is 14.1. The van der Waals surface area contributed by atoms with Gasteiger partial charge in [0.05, 0.1) is 12.5 Å². The molecule has 1 aliphatic rings. The SMILES string of the molecule is CCC(C)c1ccccc1N1CC(C(=O)Nc2ccc(C(=O)NCC(N)=O)cc2)CC1=O. The summed E-state index contributed by atoms with van der Waals surface area (Å²) in [5.74, 6) is -1.53. The van der Waals surface area contributed by atoms with Crippen molar-refractivity contribution in [3.63, 3.8) is 0 Å². The number of hydrogen-bond donors (Lipinski definition) is 3. The molecule has 4 amide bonds. The first-order chi connectivity index (χ1) is 15.3. The number of benzene rings is 2. The lowest BCUT2D eigenvalue weighted by Crippen LogP contribution is -2.33. The number of para-hydroxylation sites is 1. The molecule has 1 saturated heterocycles. The molecule has 0 saturated carbocycles. The van der Waals surface area contributed by atoms with Gasteiger partial charge in [-0.05, 0) is 48.2 Å². The fourth-order valence-corrected chi connectivity index (χ4v) is 3.70. The van der Waals surface area contributed by atoms with Gasteiger partial charge in [-0.15, -0.1) is 0 Å². The zero-order chi connectivity index (χ0) is 23.3. The summed E-state index contributed by atoms with van der Waals surface area (Å²) in [6.07, 6.45) is 1.10. The van der Waals surface area contributed by atoms with Gasteiger partial charge in [0.25, 0.3) is 5.91 Å². The second-order valence-electron chi connectivity index (χ2n) is 7.99. The Balaban J connectivity index is 1.64. The highest BCUT2D eigenvalue weighted by atomic mass is 16.2. The summed E-state index contributed by atoms with van der Waals surface area (Å²) in [6.45, 7) is 4.31. The lowest BCUT2D eigenvalue weighted by Gasteiger charge is -2.23. The highest BCUT2D eigenvalue weighted by Crippen LogP contribution is 2.33. The molecule has 1 fully saturated rings. The molecule has 0 spiro atoms. The van der Waals surface area contributed by atoms with Gasteiger partial charge in [-0.25, -0.2) is 0 Å². The van der Waals surface area contributed by atoms with Crippen LogP contribution >= 0.6 is 0 Å². The van der Waals surface area contributed by atoms with E-state index in [0.717, 1.165) is 17.7 Å². The average molecular weight is 437 g/mol. The normalized spacial score (nSPS) is 16.5. The van der Waals surface area contributed by atoms with Crippen LogP contribution in [-0.4, -0.2) is 36.7 Å². The summed E-state index contributed by atoms with van der Waals surface area (Å²) in [5, 5.41) is 5.22. The minimum Gasteiger partial charge on any atom is -0.368 e. The highest BCUT2D eigenvalue weighted by molar-refractivity contribution is 6.04. The van der Waals surface area contributed by atoms with Crippen LogP contribution in [0.3, 0.4) is 0 Å². The van der Waals surface area contributed by atoms with Crippen LogP contribution in [0.2, 0.25) is 0 Å². The molecule has 1 aliphatic heterocycles. The van der Waals surface area contributed by atoms with Crippen LogP contribution in [0, 0.1) is 5.92 Å². The smallest absolute Gasteiger partial charge is 0.251 e. The third kappa shape index (κ3) is 5.32. The van der Waals surface area contributed by atoms with E-state index in [-0.39, 0.29) is 24.8 Å². The minimum absolute atomic E-state index is 0.0672. The number of anilines is 2. The maximum atomic E-state index is 12.8. The monoisotopic (exact) mass is 436 g/mol. The van der Waals surface area contributed by atoms with E-state index >= 15 is 0 Å². The topological polar surface area (TPSA) is 122 Å². The number of nitrogens with one attached hydrogen (secondary N) is 2. The van der Waals surface area contributed by atoms with Crippen LogP contribution in [0.5, 0.6) is 0 Å². The first-order valence-electron chi connectivity index (χ1n) is 10.7. The first kappa shape index (κ1) is 23.0. The van der Waals surface area contributed by atoms with Crippen LogP contribution in [0.25, 0.3) is 0 Å². The number of amides is 4. The van der Waals surface area contributed by atoms with Crippen molar-refractivity contribution in [1.29, 1.82) is 0 Å². The molecule has 2 aromatic carbocycles. The molecule has 2 atom stereocenters. The van der Waals surface area contributed by atoms with Crippen LogP contribution in [0.4, 0.5) is 11.4 Å². The van der Waals surface area contributed by atoms with E-state index in [1.54, 1.807) is 29.2 Å². The predicted molar refractivity (Wildman–Crippen MR) is 122 cm³/mol. The van der Waals surface area contributed by atoms with Crippen LogP contribution in [0.15, 0.2) is 48.5 Å². The Morgan fingerprint density at radius 2 is 1.81 bits per heavy atom. The Kier molecular flexibility index (Phi) is 7.25. The quantitative estimate of drug-likeness (QED) is 0.588. The molecule has 4 N–H and O–H groups in total. The van der Waals surface area contributed by atoms with Crippen molar-refractivity contribution in [1.82, 2.24) is 5.32 Å². The van der Waals surface area contributed by atoms with Gasteiger partial charge in [0.15, 0.2) is 0 Å². The molecule has 2 aromatic rings. The van der Waals surface area contributed by atoms with Gasteiger partial charge in [0.1, 0.15) is 0 Å². The van der Waals surface area contributed by atoms with Crippen molar-refractivity contribution < 1.29 is 19.2 Å². The molecule has 8 nitrogen and oxygen atoms in total. The first-order valence-corrected chi connectivity index (χ1v) is 10.7. The van der Waals surface area contributed by atoms with Crippen molar-refractivity contribution >= 4 is 35.0 Å². The summed E-state index contributed by atoms with van der Waals surface area (Å²) in [4.78, 5) is 49.9. The molecule has 0 bridgehead atoms. The Morgan fingerprint density at radius 3 is 2.47 bits per heavy atom. The Labute approximate surface area is 187 Å². The number of rotatable bonds is 8. The lowest BCUT2D eigenvalue weighted by molar-refractivity contribution is -0.122. The molecule has 0 aliphatic carbocycles. The van der Waals surface area contributed by atoms with Gasteiger partial charge >= 0.3 is 0 Å². The molecular weight excluding hydrogens is 408 g/mol. The predicted octanol–water partition coefficient (Wildman–Crippen LogP) is 2.41. The molecule has 168 valence electrons. The average Bonchev–Trinajstić information content (AvgIpc) is 3.19. The molecule has 2 unspecified atom stereocenters. The number of hydrogen-bond acceptors (Lipinski definition) is 4. The molecule has 1 heterocycles. The molecule has 8 heteroatoms. The van der Waals surface area contributed by atoms with Crippen molar-refractivity contribution in [2.45, 2.75) is 32.6 Å². The van der Waals surface area contributed by atoms with Crippen molar-refractivity contribution in [3.05, 3.63) is 59.7 Å². The molecule has 3 rings (SSSR count). The van der Waals surface area contributed by atoms with E-state index in [9.17, 15) is 19.2 Å². The van der Waals surface area contributed by atoms with Gasteiger partial charge in [0, 0.05) is 29.9 Å². The van der Waals surface area contributed by atoms with E-state index in [0.29, 0.717) is 23.7 Å². The lowest BCUT2D eigenvalue weighted by atomic mass is 9.96. The van der Waals surface area contributed by atoms with E-state index in [2.05, 4.69) is 24.5 Å². The van der Waals surface area contributed by atoms with Gasteiger partial charge in [-0.3, -0.25) is 19.2 Å². The summed E-state index contributed by atoms with van der Waals surface area (Å²) in [7, 11) is 0. The highest BCUT2D eigenvalue weighted by Gasteiger charge is 2.36. The summed E-state index contributed by atoms with van der Waals surface area (Å²) < 4.78 is 0. The second-order valence-corrected chi connectivity index (χ2v) is 7.99. The third-order valence-electron chi connectivity index (χ3n) is 5.70. The Hall–Kier alpha value is -3.68. The fraction of sp³-hybridized carbons (Fsp3) is 0.333. The fourth-order valence-electron chi connectivity index (χ4n) is 3.70. The number of carbonyl (C=O) groups is 4. The Bertz CT molecular complexity index is 1020. The number of nitrogens with two attached hydrogens (primary N) is 1. The van der Waals surface area contributed by atoms with E-state index in [1.165, 1.54) is 0 Å². The molecule has 0 radical (unpaired) electrons. The van der Waals surface area contributed by atoms with Crippen LogP contribution < -0.4 is 21.3 Å². The Morgan fingerprint density at radius 1 is 1.12 bits per heavy atom. The molecular formula is C24H28N4O4. The van der Waals surface area contributed by atoms with Crippen molar-refractivity contribution in [2.75, 3.05) is 23.3 Å². The van der Waals surface area contributed by atoms with Gasteiger partial charge in [-0.1, -0.05) is 32.0 Å². The molecule has 32 heavy (non-hydrogen) atoms. The van der Waals surface area contributed by atoms with Gasteiger partial charge in [-0.2, -0.15) is 0 Å². The largest absolute Gasteiger partial charge is 0.368 e. The molecule has 0 aromatic heterocycles. The zero-order valence-electron chi connectivity index (χ0n) is 18.3. The number of nitrogens with zero attached hydrogens (tertiary/aromatic N) is 1. The van der Waals surface area contributed by atoms with Gasteiger partial charge < -0.3 is 21.3 Å². The second kappa shape index (κ2) is 10.1. The van der Waals surface area contributed by atoms with Crippen molar-refractivity contribution in [3.8, 4) is 0 Å². The van der Waals surface area contributed by atoms with E-state index < -0.39 is 17.7 Å². The standard InChI is InChI=1S/C24H28N4O4/c1-3-15(2)19-6-4-5-7-20(19)28-14-17(12-22(28)30)24(32)27-18-10-8-16(9-11-18)23(31)26-13-21(25)29/h4-11,15,17H,3,12-14H2,1-2H3,(H2,25,29)(H,26,31)(H,27,32). The maximum Gasteiger partial charge on any atom is 0.251 e. The number of primary amides is 1. The third-order valence-corrected chi connectivity index (χ3v) is 5.70. The summed E-state index contributed by atoms with van der Waals surface area (Å²) in [5.41, 5.74) is 7.85. The van der Waals surface area contributed by atoms with Gasteiger partial charge in [0.2, 0.25) is 17.7 Å². The van der Waals surface area contributed by atoms with Crippen LogP contribution in [0.1, 0.15) is 48.5 Å². The number of carbonyl (C=O) groups excluding carboxylic acids is 4. The summed E-state index contributed by atoms with van der Waals surface area (Å²) >= 11 is 0. The minimum atomic E-state index is -0.630.